The summed E-state index contributed by atoms with van der Waals surface area (Å²) in [6.45, 7) is 5.76. The first-order valence-corrected chi connectivity index (χ1v) is 11.6. The van der Waals surface area contributed by atoms with Gasteiger partial charge in [0.15, 0.2) is 11.5 Å². The highest BCUT2D eigenvalue weighted by Gasteiger charge is 2.25. The van der Waals surface area contributed by atoms with Gasteiger partial charge in [-0.05, 0) is 23.8 Å². The monoisotopic (exact) mass is 487 g/mol. The Morgan fingerprint density at radius 1 is 1.25 bits per heavy atom. The number of nitrogens with two attached hydrogens (primary N) is 1. The van der Waals surface area contributed by atoms with Crippen molar-refractivity contribution in [3.63, 3.8) is 0 Å². The molecule has 9 nitrogen and oxygen atoms in total. The zero-order valence-electron chi connectivity index (χ0n) is 20.2. The number of allylic oxidation sites excluding steroid dienone is 2. The molecule has 10 heteroatoms. The second-order valence-electron chi connectivity index (χ2n) is 9.73. The molecular formula is C26H26FN7O2. The summed E-state index contributed by atoms with van der Waals surface area (Å²) in [7, 11) is 0. The molecule has 184 valence electrons. The number of H-pyrrole nitrogens is 1. The summed E-state index contributed by atoms with van der Waals surface area (Å²) in [6, 6.07) is 9.30. The molecule has 0 aliphatic heterocycles. The molecule has 0 fully saturated rings. The number of nitrogen functional groups attached to an aromatic ring is 1. The van der Waals surface area contributed by atoms with Crippen LogP contribution >= 0.6 is 0 Å². The molecular weight excluding hydrogens is 461 g/mol. The van der Waals surface area contributed by atoms with Crippen molar-refractivity contribution < 1.29 is 13.7 Å². The smallest absolute Gasteiger partial charge is 0.315 e. The number of carbonyl (C=O) groups excluding carboxylic acids is 1. The van der Waals surface area contributed by atoms with Gasteiger partial charge in [-0.1, -0.05) is 50.2 Å². The summed E-state index contributed by atoms with van der Waals surface area (Å²) in [5, 5.41) is 6.50. The van der Waals surface area contributed by atoms with Crippen molar-refractivity contribution in [3.05, 3.63) is 77.4 Å². The average molecular weight is 488 g/mol. The number of fused-ring (bicyclic) bond motifs is 1. The van der Waals surface area contributed by atoms with Crippen LogP contribution < -0.4 is 11.1 Å². The molecule has 1 atom stereocenters. The molecule has 0 radical (unpaired) electrons. The second kappa shape index (κ2) is 9.03. The van der Waals surface area contributed by atoms with Gasteiger partial charge in [-0.2, -0.15) is 4.98 Å². The van der Waals surface area contributed by atoms with E-state index in [4.69, 9.17) is 10.3 Å². The predicted octanol–water partition coefficient (Wildman–Crippen LogP) is 4.58. The molecule has 4 aromatic rings. The third-order valence-corrected chi connectivity index (χ3v) is 6.05. The predicted molar refractivity (Wildman–Crippen MR) is 134 cm³/mol. The topological polar surface area (TPSA) is 136 Å². The number of anilines is 1. The van der Waals surface area contributed by atoms with Gasteiger partial charge in [-0.15, -0.1) is 0 Å². The standard InChI is InChI=1S/C26H26FN7O2/c1-26(2,3)25-33-24(36-34-25)23(35)30-13-15-9-8-14(12-18(15)27)16-10-11-29-22-20(16)31-21(32-22)17-6-4-5-7-19(17)28/h4-11,14H,12-13,28H2,1-3H3,(H,30,35)(H,29,31,32). The molecule has 0 saturated carbocycles. The molecule has 1 aliphatic rings. The number of para-hydroxylation sites is 1. The Morgan fingerprint density at radius 2 is 2.06 bits per heavy atom. The largest absolute Gasteiger partial charge is 0.398 e. The first kappa shape index (κ1) is 23.4. The van der Waals surface area contributed by atoms with Gasteiger partial charge in [0, 0.05) is 47.3 Å². The van der Waals surface area contributed by atoms with E-state index in [-0.39, 0.29) is 36.0 Å². The van der Waals surface area contributed by atoms with Crippen LogP contribution in [0.5, 0.6) is 0 Å². The van der Waals surface area contributed by atoms with Crippen molar-refractivity contribution >= 4 is 22.8 Å². The number of halogens is 1. The number of nitrogens with one attached hydrogen (secondary N) is 2. The third-order valence-electron chi connectivity index (χ3n) is 6.05. The van der Waals surface area contributed by atoms with Crippen LogP contribution in [-0.4, -0.2) is 37.5 Å². The molecule has 3 heterocycles. The van der Waals surface area contributed by atoms with Gasteiger partial charge in [0.05, 0.1) is 5.52 Å². The number of rotatable bonds is 5. The number of imidazole rings is 1. The van der Waals surface area contributed by atoms with Crippen LogP contribution in [-0.2, 0) is 5.41 Å². The average Bonchev–Trinajstić information content (AvgIpc) is 3.51. The van der Waals surface area contributed by atoms with Gasteiger partial charge in [0.2, 0.25) is 0 Å². The van der Waals surface area contributed by atoms with Crippen LogP contribution in [0.4, 0.5) is 10.1 Å². The van der Waals surface area contributed by atoms with Gasteiger partial charge in [-0.3, -0.25) is 4.79 Å². The normalized spacial score (nSPS) is 16.1. The Kier molecular flexibility index (Phi) is 5.87. The number of amides is 1. The zero-order valence-corrected chi connectivity index (χ0v) is 20.2. The first-order chi connectivity index (χ1) is 17.2. The molecule has 0 saturated heterocycles. The van der Waals surface area contributed by atoms with E-state index in [9.17, 15) is 4.79 Å². The fraction of sp³-hybridized carbons (Fsp3) is 0.269. The lowest BCUT2D eigenvalue weighted by molar-refractivity contribution is 0.0913. The highest BCUT2D eigenvalue weighted by atomic mass is 19.1. The Labute approximate surface area is 206 Å². The van der Waals surface area contributed by atoms with Crippen LogP contribution in [0.3, 0.4) is 0 Å². The minimum atomic E-state index is -0.546. The van der Waals surface area contributed by atoms with Gasteiger partial charge in [-0.25, -0.2) is 14.4 Å². The van der Waals surface area contributed by atoms with E-state index in [1.165, 1.54) is 0 Å². The lowest BCUT2D eigenvalue weighted by Crippen LogP contribution is -2.27. The van der Waals surface area contributed by atoms with Gasteiger partial charge in [0.1, 0.15) is 11.7 Å². The Balaban J connectivity index is 1.31. The van der Waals surface area contributed by atoms with Crippen molar-refractivity contribution in [1.82, 2.24) is 30.4 Å². The van der Waals surface area contributed by atoms with Crippen molar-refractivity contribution in [2.24, 2.45) is 0 Å². The first-order valence-electron chi connectivity index (χ1n) is 11.6. The molecule has 3 aromatic heterocycles. The third kappa shape index (κ3) is 4.49. The minimum Gasteiger partial charge on any atom is -0.398 e. The maximum Gasteiger partial charge on any atom is 0.315 e. The number of carbonyl (C=O) groups is 1. The fourth-order valence-electron chi connectivity index (χ4n) is 4.03. The maximum atomic E-state index is 15.1. The Bertz CT molecular complexity index is 1510. The van der Waals surface area contributed by atoms with E-state index in [1.54, 1.807) is 12.3 Å². The fourth-order valence-corrected chi connectivity index (χ4v) is 4.03. The summed E-state index contributed by atoms with van der Waals surface area (Å²) >= 11 is 0. The highest BCUT2D eigenvalue weighted by molar-refractivity contribution is 5.89. The van der Waals surface area contributed by atoms with Crippen LogP contribution in [0.1, 0.15) is 55.2 Å². The van der Waals surface area contributed by atoms with Crippen LogP contribution in [0.2, 0.25) is 0 Å². The number of benzene rings is 1. The Hall–Kier alpha value is -4.34. The summed E-state index contributed by atoms with van der Waals surface area (Å²) in [5.41, 5.74) is 9.68. The summed E-state index contributed by atoms with van der Waals surface area (Å²) in [6.07, 6.45) is 5.42. The maximum absolute atomic E-state index is 15.1. The molecule has 1 aromatic carbocycles. The van der Waals surface area contributed by atoms with Crippen molar-refractivity contribution in [2.45, 2.75) is 38.5 Å². The number of pyridine rings is 1. The molecule has 5 rings (SSSR count). The highest BCUT2D eigenvalue weighted by Crippen LogP contribution is 2.35. The molecule has 1 aliphatic carbocycles. The van der Waals surface area contributed by atoms with Crippen molar-refractivity contribution in [1.29, 1.82) is 0 Å². The summed E-state index contributed by atoms with van der Waals surface area (Å²) < 4.78 is 20.1. The van der Waals surface area contributed by atoms with E-state index < -0.39 is 5.91 Å². The number of aromatic nitrogens is 5. The zero-order chi connectivity index (χ0) is 25.4. The van der Waals surface area contributed by atoms with Crippen LogP contribution in [0.25, 0.3) is 22.6 Å². The second-order valence-corrected chi connectivity index (χ2v) is 9.73. The molecule has 4 N–H and O–H groups in total. The molecule has 0 bridgehead atoms. The molecule has 1 amide bonds. The van der Waals surface area contributed by atoms with Gasteiger partial charge < -0.3 is 20.6 Å². The number of nitrogens with zero attached hydrogens (tertiary/aromatic N) is 4. The Morgan fingerprint density at radius 3 is 2.78 bits per heavy atom. The van der Waals surface area contributed by atoms with Gasteiger partial charge >= 0.3 is 11.8 Å². The summed E-state index contributed by atoms with van der Waals surface area (Å²) in [5.74, 6) is -0.180. The van der Waals surface area contributed by atoms with Crippen LogP contribution in [0.15, 0.2) is 64.6 Å². The van der Waals surface area contributed by atoms with E-state index in [0.717, 1.165) is 16.6 Å². The number of hydrogen-bond donors (Lipinski definition) is 3. The lowest BCUT2D eigenvalue weighted by Gasteiger charge is -2.19. The van der Waals surface area contributed by atoms with E-state index in [0.29, 0.717) is 28.6 Å². The van der Waals surface area contributed by atoms with E-state index >= 15 is 4.39 Å². The summed E-state index contributed by atoms with van der Waals surface area (Å²) in [4.78, 5) is 28.8. The van der Waals surface area contributed by atoms with E-state index in [2.05, 4.69) is 30.4 Å². The quantitative estimate of drug-likeness (QED) is 0.350. The van der Waals surface area contributed by atoms with E-state index in [1.807, 2.05) is 57.2 Å². The molecule has 0 spiro atoms. The number of aromatic amines is 1. The van der Waals surface area contributed by atoms with Crippen molar-refractivity contribution in [3.8, 4) is 11.4 Å². The minimum absolute atomic E-state index is 0.00830. The lowest BCUT2D eigenvalue weighted by atomic mass is 9.89. The molecule has 36 heavy (non-hydrogen) atoms. The van der Waals surface area contributed by atoms with Gasteiger partial charge in [0.25, 0.3) is 0 Å². The SMILES string of the molecule is CC(C)(C)c1noc(C(=O)NCC2=C(F)CC(c3ccnc4nc(-c5ccccc5N)[nH]c34)C=C2)n1. The van der Waals surface area contributed by atoms with Crippen molar-refractivity contribution in [2.75, 3.05) is 12.3 Å². The number of hydrogen-bond acceptors (Lipinski definition) is 7. The van der Waals surface area contributed by atoms with Crippen LogP contribution in [0, 0.1) is 0 Å². The molecule has 1 unspecified atom stereocenters.